The molecule has 0 aliphatic carbocycles. The SMILES string of the molecule is Cc1cc(S(=O)(=O)N2c3ccccc3C[C@H]2C)c(C)cc1Cl. The molecule has 0 aromatic heterocycles. The molecule has 2 aromatic carbocycles. The number of nitrogens with zero attached hydrogens (tertiary/aromatic N) is 1. The second-order valence-electron chi connectivity index (χ2n) is 5.85. The molecule has 1 aliphatic heterocycles. The summed E-state index contributed by atoms with van der Waals surface area (Å²) in [6, 6.07) is 11.0. The van der Waals surface area contributed by atoms with E-state index in [1.807, 2.05) is 38.1 Å². The van der Waals surface area contributed by atoms with Crippen molar-refractivity contribution in [2.75, 3.05) is 4.31 Å². The van der Waals surface area contributed by atoms with Crippen molar-refractivity contribution in [3.8, 4) is 0 Å². The standard InChI is InChI=1S/C17H18ClNO2S/c1-11-9-17(12(2)8-15(11)18)22(20,21)19-13(3)10-14-6-4-5-7-16(14)19/h4-9,13H,10H2,1-3H3/t13-/m1/s1. The summed E-state index contributed by atoms with van der Waals surface area (Å²) < 4.78 is 27.9. The Labute approximate surface area is 136 Å². The van der Waals surface area contributed by atoms with Gasteiger partial charge in [-0.3, -0.25) is 4.31 Å². The Kier molecular flexibility index (Phi) is 3.69. The maximum Gasteiger partial charge on any atom is 0.264 e. The maximum atomic E-state index is 13.2. The third kappa shape index (κ3) is 2.31. The van der Waals surface area contributed by atoms with E-state index in [0.29, 0.717) is 15.5 Å². The fourth-order valence-corrected chi connectivity index (χ4v) is 5.25. The van der Waals surface area contributed by atoms with Crippen LogP contribution in [0.1, 0.15) is 23.6 Å². The lowest BCUT2D eigenvalue weighted by atomic mass is 10.1. The number of para-hydroxylation sites is 1. The Hall–Kier alpha value is -1.52. The number of benzene rings is 2. The Bertz CT molecular complexity index is 846. The van der Waals surface area contributed by atoms with E-state index in [1.54, 1.807) is 19.1 Å². The fraction of sp³-hybridized carbons (Fsp3) is 0.294. The molecule has 0 saturated heterocycles. The van der Waals surface area contributed by atoms with Gasteiger partial charge in [0.15, 0.2) is 0 Å². The predicted octanol–water partition coefficient (Wildman–Crippen LogP) is 4.10. The van der Waals surface area contributed by atoms with Gasteiger partial charge in [-0.1, -0.05) is 29.8 Å². The number of sulfonamides is 1. The van der Waals surface area contributed by atoms with Gasteiger partial charge in [-0.05, 0) is 62.1 Å². The van der Waals surface area contributed by atoms with E-state index >= 15 is 0 Å². The van der Waals surface area contributed by atoms with Crippen LogP contribution in [0.5, 0.6) is 0 Å². The Balaban J connectivity index is 2.17. The van der Waals surface area contributed by atoms with Gasteiger partial charge in [0.05, 0.1) is 10.6 Å². The summed E-state index contributed by atoms with van der Waals surface area (Å²) in [5, 5.41) is 0.589. The average molecular weight is 336 g/mol. The van der Waals surface area contributed by atoms with Gasteiger partial charge in [0.25, 0.3) is 10.0 Å². The summed E-state index contributed by atoms with van der Waals surface area (Å²) in [5.41, 5.74) is 3.29. The molecular formula is C17H18ClNO2S. The van der Waals surface area contributed by atoms with Crippen LogP contribution in [0, 0.1) is 13.8 Å². The first-order valence-corrected chi connectivity index (χ1v) is 9.03. The van der Waals surface area contributed by atoms with E-state index in [1.165, 1.54) is 4.31 Å². The van der Waals surface area contributed by atoms with Crippen LogP contribution in [0.3, 0.4) is 0 Å². The van der Waals surface area contributed by atoms with Crippen molar-refractivity contribution in [2.45, 2.75) is 38.1 Å². The summed E-state index contributed by atoms with van der Waals surface area (Å²) in [4.78, 5) is 0.331. The molecular weight excluding hydrogens is 318 g/mol. The van der Waals surface area contributed by atoms with Crippen LogP contribution in [0.4, 0.5) is 5.69 Å². The predicted molar refractivity (Wildman–Crippen MR) is 90.2 cm³/mol. The minimum Gasteiger partial charge on any atom is -0.263 e. The molecule has 3 nitrogen and oxygen atoms in total. The molecule has 22 heavy (non-hydrogen) atoms. The van der Waals surface area contributed by atoms with Gasteiger partial charge in [0.2, 0.25) is 0 Å². The maximum absolute atomic E-state index is 13.2. The number of hydrogen-bond acceptors (Lipinski definition) is 2. The second-order valence-corrected chi connectivity index (χ2v) is 8.04. The van der Waals surface area contributed by atoms with E-state index in [4.69, 9.17) is 11.6 Å². The summed E-state index contributed by atoms with van der Waals surface area (Å²) in [6.07, 6.45) is 0.737. The Morgan fingerprint density at radius 1 is 1.14 bits per heavy atom. The number of fused-ring (bicyclic) bond motifs is 1. The van der Waals surface area contributed by atoms with Gasteiger partial charge < -0.3 is 0 Å². The van der Waals surface area contributed by atoms with Crippen molar-refractivity contribution in [1.82, 2.24) is 0 Å². The van der Waals surface area contributed by atoms with Gasteiger partial charge in [0.1, 0.15) is 0 Å². The topological polar surface area (TPSA) is 37.4 Å². The third-order valence-electron chi connectivity index (χ3n) is 4.14. The first-order valence-electron chi connectivity index (χ1n) is 7.21. The van der Waals surface area contributed by atoms with Crippen LogP contribution in [0.15, 0.2) is 41.3 Å². The van der Waals surface area contributed by atoms with Crippen LogP contribution in [-0.2, 0) is 16.4 Å². The smallest absolute Gasteiger partial charge is 0.263 e. The highest BCUT2D eigenvalue weighted by molar-refractivity contribution is 7.93. The third-order valence-corrected chi connectivity index (χ3v) is 6.62. The normalized spacial score (nSPS) is 17.6. The number of hydrogen-bond donors (Lipinski definition) is 0. The molecule has 3 rings (SSSR count). The van der Waals surface area contributed by atoms with E-state index < -0.39 is 10.0 Å². The van der Waals surface area contributed by atoms with Crippen LogP contribution in [-0.4, -0.2) is 14.5 Å². The van der Waals surface area contributed by atoms with Gasteiger partial charge in [-0.15, -0.1) is 0 Å². The highest BCUT2D eigenvalue weighted by Crippen LogP contribution is 2.37. The largest absolute Gasteiger partial charge is 0.264 e. The molecule has 0 unspecified atom stereocenters. The zero-order chi connectivity index (χ0) is 16.1. The summed E-state index contributed by atoms with van der Waals surface area (Å²) in [6.45, 7) is 5.54. The second kappa shape index (κ2) is 5.28. The molecule has 1 atom stereocenters. The summed E-state index contributed by atoms with van der Waals surface area (Å²) in [5.74, 6) is 0. The molecule has 0 radical (unpaired) electrons. The monoisotopic (exact) mass is 335 g/mol. The Morgan fingerprint density at radius 2 is 1.82 bits per heavy atom. The van der Waals surface area contributed by atoms with Crippen molar-refractivity contribution < 1.29 is 8.42 Å². The molecule has 116 valence electrons. The quantitative estimate of drug-likeness (QED) is 0.828. The van der Waals surface area contributed by atoms with Crippen LogP contribution in [0.2, 0.25) is 5.02 Å². The first-order chi connectivity index (χ1) is 10.3. The fourth-order valence-electron chi connectivity index (χ4n) is 3.04. The van der Waals surface area contributed by atoms with Crippen molar-refractivity contribution in [3.63, 3.8) is 0 Å². The molecule has 0 spiro atoms. The summed E-state index contributed by atoms with van der Waals surface area (Å²) in [7, 11) is -3.60. The molecule has 0 saturated carbocycles. The number of rotatable bonds is 2. The number of halogens is 1. The number of anilines is 1. The van der Waals surface area contributed by atoms with Crippen molar-refractivity contribution in [3.05, 3.63) is 58.1 Å². The van der Waals surface area contributed by atoms with Gasteiger partial charge >= 0.3 is 0 Å². The molecule has 0 amide bonds. The van der Waals surface area contributed by atoms with E-state index in [9.17, 15) is 8.42 Å². The van der Waals surface area contributed by atoms with Crippen molar-refractivity contribution in [2.24, 2.45) is 0 Å². The van der Waals surface area contributed by atoms with Crippen LogP contribution >= 0.6 is 11.6 Å². The van der Waals surface area contributed by atoms with E-state index in [-0.39, 0.29) is 6.04 Å². The molecule has 0 fully saturated rings. The lowest BCUT2D eigenvalue weighted by molar-refractivity contribution is 0.583. The summed E-state index contributed by atoms with van der Waals surface area (Å²) >= 11 is 6.10. The van der Waals surface area contributed by atoms with Gasteiger partial charge in [-0.2, -0.15) is 0 Å². The van der Waals surface area contributed by atoms with Gasteiger partial charge in [0, 0.05) is 11.1 Å². The van der Waals surface area contributed by atoms with Crippen molar-refractivity contribution in [1.29, 1.82) is 0 Å². The molecule has 2 aromatic rings. The molecule has 0 N–H and O–H groups in total. The lowest BCUT2D eigenvalue weighted by Gasteiger charge is -2.25. The molecule has 5 heteroatoms. The van der Waals surface area contributed by atoms with Crippen molar-refractivity contribution >= 4 is 27.3 Å². The van der Waals surface area contributed by atoms with E-state index in [2.05, 4.69) is 0 Å². The Morgan fingerprint density at radius 3 is 2.55 bits per heavy atom. The lowest BCUT2D eigenvalue weighted by Crippen LogP contribution is -2.36. The zero-order valence-corrected chi connectivity index (χ0v) is 14.4. The van der Waals surface area contributed by atoms with Gasteiger partial charge in [-0.25, -0.2) is 8.42 Å². The molecule has 1 heterocycles. The molecule has 0 bridgehead atoms. The van der Waals surface area contributed by atoms with Crippen LogP contribution in [0.25, 0.3) is 0 Å². The minimum absolute atomic E-state index is 0.0854. The zero-order valence-electron chi connectivity index (χ0n) is 12.8. The first kappa shape index (κ1) is 15.4. The molecule has 1 aliphatic rings. The number of aryl methyl sites for hydroxylation is 2. The van der Waals surface area contributed by atoms with E-state index in [0.717, 1.165) is 23.2 Å². The minimum atomic E-state index is -3.60. The van der Waals surface area contributed by atoms with Crippen LogP contribution < -0.4 is 4.31 Å². The average Bonchev–Trinajstić information content (AvgIpc) is 2.79. The highest BCUT2D eigenvalue weighted by atomic mass is 35.5. The highest BCUT2D eigenvalue weighted by Gasteiger charge is 2.36.